The molecule has 8 rings (SSSR count). The monoisotopic (exact) mass is 942 g/mol. The molecule has 2 aromatic heterocycles. The number of fused-ring (bicyclic) bond motifs is 2. The lowest BCUT2D eigenvalue weighted by molar-refractivity contribution is -0.120. The number of aromatic nitrogens is 4. The lowest BCUT2D eigenvalue weighted by Crippen LogP contribution is -2.40. The van der Waals surface area contributed by atoms with Crippen LogP contribution in [-0.2, 0) is 48.2 Å². The summed E-state index contributed by atoms with van der Waals surface area (Å²) in [6, 6.07) is 56.1. The van der Waals surface area contributed by atoms with Gasteiger partial charge in [0.2, 0.25) is 11.8 Å². The van der Waals surface area contributed by atoms with Crippen LogP contribution in [0.25, 0.3) is 21.8 Å². The van der Waals surface area contributed by atoms with Gasteiger partial charge in [-0.15, -0.1) is 11.6 Å². The zero-order valence-electron chi connectivity index (χ0n) is 39.8. The molecule has 2 atom stereocenters. The number of anilines is 2. The molecule has 13 heteroatoms. The highest BCUT2D eigenvalue weighted by Crippen LogP contribution is 2.25. The maximum absolute atomic E-state index is 12.1. The Bertz CT molecular complexity index is 2740. The minimum atomic E-state index is -0.518. The van der Waals surface area contributed by atoms with E-state index in [1.54, 1.807) is 0 Å². The Labute approximate surface area is 411 Å². The average molecular weight is 944 g/mol. The lowest BCUT2D eigenvalue weighted by Gasteiger charge is -2.24. The average Bonchev–Trinajstić information content (AvgIpc) is 3.36. The molecule has 12 nitrogen and oxygen atoms in total. The number of benzene rings is 6. The molecule has 0 saturated heterocycles. The maximum Gasteiger partial charge on any atom is 0.240 e. The Balaban J connectivity index is 0.000000188. The number of alkyl halides is 1. The smallest absolute Gasteiger partial charge is 0.240 e. The van der Waals surface area contributed by atoms with E-state index in [9.17, 15) is 9.59 Å². The van der Waals surface area contributed by atoms with Gasteiger partial charge in [-0.1, -0.05) is 173 Å². The highest BCUT2D eigenvalue weighted by Gasteiger charge is 2.23. The van der Waals surface area contributed by atoms with Crippen molar-refractivity contribution in [1.82, 2.24) is 30.2 Å². The number of nitrogens with zero attached hydrogens (tertiary/aromatic N) is 5. The molecule has 356 valence electrons. The first-order valence-corrected chi connectivity index (χ1v) is 23.8. The maximum atomic E-state index is 12.1. The molecule has 0 aliphatic rings. The Hall–Kier alpha value is -7.25. The third-order valence-electron chi connectivity index (χ3n) is 11.2. The summed E-state index contributed by atoms with van der Waals surface area (Å²) in [5.74, 6) is 1.93. The second-order valence-corrected chi connectivity index (χ2v) is 17.6. The molecule has 2 amide bonds. The third kappa shape index (κ3) is 15.9. The van der Waals surface area contributed by atoms with E-state index in [2.05, 4.69) is 128 Å². The molecule has 0 aliphatic heterocycles. The van der Waals surface area contributed by atoms with Crippen LogP contribution in [0.1, 0.15) is 61.6 Å². The van der Waals surface area contributed by atoms with Gasteiger partial charge >= 0.3 is 0 Å². The van der Waals surface area contributed by atoms with Gasteiger partial charge in [0.15, 0.2) is 0 Å². The second-order valence-electron chi connectivity index (χ2n) is 17.4. The highest BCUT2D eigenvalue weighted by molar-refractivity contribution is 6.16. The Morgan fingerprint density at radius 2 is 0.826 bits per heavy atom. The van der Waals surface area contributed by atoms with Crippen LogP contribution in [0.5, 0.6) is 0 Å². The molecule has 69 heavy (non-hydrogen) atoms. The van der Waals surface area contributed by atoms with Crippen LogP contribution in [0, 0.1) is 11.8 Å². The normalized spacial score (nSPS) is 11.9. The van der Waals surface area contributed by atoms with Gasteiger partial charge in [-0.3, -0.25) is 14.5 Å². The first-order chi connectivity index (χ1) is 33.5. The van der Waals surface area contributed by atoms with Crippen molar-refractivity contribution in [3.05, 3.63) is 204 Å². The molecule has 0 fully saturated rings. The number of primary amides is 2. The minimum absolute atomic E-state index is 0.0299. The van der Waals surface area contributed by atoms with E-state index in [4.69, 9.17) is 33.0 Å². The van der Waals surface area contributed by atoms with Crippen LogP contribution in [0.4, 0.5) is 11.6 Å². The van der Waals surface area contributed by atoms with Gasteiger partial charge in [0, 0.05) is 37.0 Å². The summed E-state index contributed by atoms with van der Waals surface area (Å²) in [5.41, 5.74) is 17.8. The van der Waals surface area contributed by atoms with E-state index in [1.807, 2.05) is 100 Å². The summed E-state index contributed by atoms with van der Waals surface area (Å²) in [6.45, 7) is 11.7. The highest BCUT2D eigenvalue weighted by atomic mass is 35.5. The number of carbonyl (C=O) groups excluding carboxylic acids is 2. The summed E-state index contributed by atoms with van der Waals surface area (Å²) < 4.78 is 0. The van der Waals surface area contributed by atoms with Gasteiger partial charge in [-0.2, -0.15) is 0 Å². The molecule has 0 spiro atoms. The van der Waals surface area contributed by atoms with Gasteiger partial charge in [0.25, 0.3) is 0 Å². The van der Waals surface area contributed by atoms with Crippen molar-refractivity contribution in [2.75, 3.05) is 10.6 Å². The van der Waals surface area contributed by atoms with Crippen LogP contribution in [0.3, 0.4) is 0 Å². The van der Waals surface area contributed by atoms with Gasteiger partial charge in [0.05, 0.1) is 23.5 Å². The van der Waals surface area contributed by atoms with Crippen molar-refractivity contribution in [3.8, 4) is 0 Å². The van der Waals surface area contributed by atoms with Crippen LogP contribution in [-0.4, -0.2) is 48.7 Å². The molecule has 7 N–H and O–H groups in total. The number of para-hydroxylation sites is 2. The number of carbonyl (C=O) groups is 2. The first-order valence-electron chi connectivity index (χ1n) is 23.2. The standard InChI is InChI=1S/C28H31N5O.C14H17ClN4O.C14H15N/c1-20(2)26(27(29)34)32-28-23-15-9-10-16-24(23)30-25(31-28)19-33(17-21-11-5-3-6-12-21)18-22-13-7-4-8-14-22;1-8(2)12(13(16)20)19-14-9-5-3-4-6-10(9)17-11(7-15)18-14;1-3-7-13(8-4-1)11-15-12-14-9-5-2-6-10-14/h3-16,20,26H,17-19H2,1-2H3,(H2,29,34)(H,30,31,32);3-6,8,12H,7H2,1-2H3,(H2,16,20)(H,17,18,19);1-10,15H,11-12H2/t26-;12-;/m00./s1. The number of hydrogen-bond donors (Lipinski definition) is 5. The number of amides is 2. The van der Waals surface area contributed by atoms with E-state index in [0.717, 1.165) is 48.0 Å². The molecule has 2 heterocycles. The molecule has 0 unspecified atom stereocenters. The van der Waals surface area contributed by atoms with E-state index < -0.39 is 23.9 Å². The molecule has 0 bridgehead atoms. The second kappa shape index (κ2) is 26.3. The quantitative estimate of drug-likeness (QED) is 0.0491. The van der Waals surface area contributed by atoms with Crippen LogP contribution in [0.2, 0.25) is 0 Å². The summed E-state index contributed by atoms with van der Waals surface area (Å²) in [4.78, 5) is 44.3. The minimum Gasteiger partial charge on any atom is -0.368 e. The third-order valence-corrected chi connectivity index (χ3v) is 11.4. The van der Waals surface area contributed by atoms with Gasteiger partial charge in [0.1, 0.15) is 35.4 Å². The van der Waals surface area contributed by atoms with Crippen molar-refractivity contribution >= 4 is 56.9 Å². The van der Waals surface area contributed by atoms with Gasteiger partial charge in [-0.25, -0.2) is 19.9 Å². The number of rotatable bonds is 19. The van der Waals surface area contributed by atoms with Crippen molar-refractivity contribution < 1.29 is 9.59 Å². The van der Waals surface area contributed by atoms with Crippen LogP contribution >= 0.6 is 11.6 Å². The molecule has 0 radical (unpaired) electrons. The fraction of sp³-hybridized carbons (Fsp3) is 0.250. The van der Waals surface area contributed by atoms with E-state index in [-0.39, 0.29) is 17.7 Å². The number of hydrogen-bond acceptors (Lipinski definition) is 10. The first kappa shape index (κ1) is 51.1. The zero-order valence-corrected chi connectivity index (χ0v) is 40.6. The van der Waals surface area contributed by atoms with Crippen molar-refractivity contribution in [2.24, 2.45) is 23.3 Å². The van der Waals surface area contributed by atoms with Gasteiger partial charge < -0.3 is 27.4 Å². The summed E-state index contributed by atoms with van der Waals surface area (Å²) in [5, 5.41) is 11.5. The Morgan fingerprint density at radius 3 is 1.20 bits per heavy atom. The predicted octanol–water partition coefficient (Wildman–Crippen LogP) is 10.0. The Morgan fingerprint density at radius 1 is 0.478 bits per heavy atom. The van der Waals surface area contributed by atoms with Gasteiger partial charge in [-0.05, 0) is 58.4 Å². The number of nitrogens with one attached hydrogen (secondary N) is 3. The summed E-state index contributed by atoms with van der Waals surface area (Å²) in [6.07, 6.45) is 0. The molecule has 0 aliphatic carbocycles. The van der Waals surface area contributed by atoms with Crippen molar-refractivity contribution in [3.63, 3.8) is 0 Å². The summed E-state index contributed by atoms with van der Waals surface area (Å²) >= 11 is 5.82. The Kier molecular flexibility index (Phi) is 19.5. The molecule has 8 aromatic rings. The molecule has 0 saturated carbocycles. The zero-order chi connectivity index (χ0) is 49.0. The fourth-order valence-electron chi connectivity index (χ4n) is 7.62. The van der Waals surface area contributed by atoms with E-state index in [0.29, 0.717) is 29.8 Å². The largest absolute Gasteiger partial charge is 0.368 e. The fourth-order valence-corrected chi connectivity index (χ4v) is 7.74. The van der Waals surface area contributed by atoms with E-state index >= 15 is 0 Å². The predicted molar refractivity (Wildman–Crippen MR) is 281 cm³/mol. The SMILES string of the molecule is CC(C)[C@H](Nc1nc(CCl)nc2ccccc12)C(N)=O.CC(C)[C@H](Nc1nc(CN(Cc2ccccc2)Cc2ccccc2)nc2ccccc12)C(N)=O.c1ccc(CNCc2ccccc2)cc1. The van der Waals surface area contributed by atoms with Crippen LogP contribution < -0.4 is 27.4 Å². The lowest BCUT2D eigenvalue weighted by atomic mass is 10.0. The molecular weight excluding hydrogens is 880 g/mol. The number of halogens is 1. The van der Waals surface area contributed by atoms with Crippen molar-refractivity contribution in [1.29, 1.82) is 0 Å². The topological polar surface area (TPSA) is 177 Å². The van der Waals surface area contributed by atoms with E-state index in [1.165, 1.54) is 22.3 Å². The van der Waals surface area contributed by atoms with Crippen molar-refractivity contribution in [2.45, 2.75) is 78.4 Å². The summed E-state index contributed by atoms with van der Waals surface area (Å²) in [7, 11) is 0. The van der Waals surface area contributed by atoms with Crippen LogP contribution in [0.15, 0.2) is 170 Å². The number of nitrogens with two attached hydrogens (primary N) is 2. The molecule has 6 aromatic carbocycles. The molecular formula is C56H63ClN10O2.